The summed E-state index contributed by atoms with van der Waals surface area (Å²) in [5, 5.41) is 0. The van der Waals surface area contributed by atoms with Gasteiger partial charge >= 0.3 is 5.97 Å². The van der Waals surface area contributed by atoms with Crippen molar-refractivity contribution in [1.82, 2.24) is 4.90 Å². The lowest BCUT2D eigenvalue weighted by atomic mass is 9.85. The second kappa shape index (κ2) is 7.85. The molecular weight excluding hydrogens is 240 g/mol. The van der Waals surface area contributed by atoms with Gasteiger partial charge in [-0.1, -0.05) is 19.8 Å². The fraction of sp³-hybridized carbons (Fsp3) is 0.933. The van der Waals surface area contributed by atoms with Crippen molar-refractivity contribution < 1.29 is 9.53 Å². The molecule has 1 aliphatic rings. The Morgan fingerprint density at radius 2 is 2.16 bits per heavy atom. The summed E-state index contributed by atoms with van der Waals surface area (Å²) >= 11 is 0. The van der Waals surface area contributed by atoms with E-state index in [1.54, 1.807) is 0 Å². The molecule has 1 saturated carbocycles. The van der Waals surface area contributed by atoms with Gasteiger partial charge in [0, 0.05) is 0 Å². The standard InChI is InChI=1S/C15H30N2O2/c1-4-6-11-17(3)12-9-13-8-7-10-15(13,16)14(18)19-5-2/h13H,4-12,16H2,1-3H3. The molecule has 0 aromatic rings. The Balaban J connectivity index is 2.45. The fourth-order valence-corrected chi connectivity index (χ4v) is 2.95. The summed E-state index contributed by atoms with van der Waals surface area (Å²) in [6.45, 7) is 6.60. The molecule has 19 heavy (non-hydrogen) atoms. The number of nitrogens with two attached hydrogens (primary N) is 1. The molecule has 4 heteroatoms. The highest BCUT2D eigenvalue weighted by Crippen LogP contribution is 2.37. The SMILES string of the molecule is CCCCN(C)CCC1CCCC1(N)C(=O)OCC. The number of hydrogen-bond donors (Lipinski definition) is 1. The van der Waals surface area contributed by atoms with Gasteiger partial charge in [0.25, 0.3) is 0 Å². The molecule has 2 N–H and O–H groups in total. The minimum atomic E-state index is -0.735. The molecule has 0 aromatic heterocycles. The van der Waals surface area contributed by atoms with Gasteiger partial charge in [0.05, 0.1) is 6.61 Å². The predicted octanol–water partition coefficient (Wildman–Crippen LogP) is 2.17. The number of nitrogens with zero attached hydrogens (tertiary/aromatic N) is 1. The molecule has 0 bridgehead atoms. The maximum absolute atomic E-state index is 12.0. The Hall–Kier alpha value is -0.610. The van der Waals surface area contributed by atoms with Crippen molar-refractivity contribution in [3.8, 4) is 0 Å². The summed E-state index contributed by atoms with van der Waals surface area (Å²) in [5.74, 6) is 0.0735. The molecule has 0 aromatic carbocycles. The summed E-state index contributed by atoms with van der Waals surface area (Å²) in [6, 6.07) is 0. The normalized spacial score (nSPS) is 26.9. The van der Waals surface area contributed by atoms with E-state index in [1.807, 2.05) is 6.92 Å². The lowest BCUT2D eigenvalue weighted by Gasteiger charge is -2.30. The third-order valence-corrected chi connectivity index (χ3v) is 4.28. The third kappa shape index (κ3) is 4.46. The summed E-state index contributed by atoms with van der Waals surface area (Å²) < 4.78 is 5.15. The molecule has 0 heterocycles. The Morgan fingerprint density at radius 1 is 1.42 bits per heavy atom. The molecule has 0 aliphatic heterocycles. The van der Waals surface area contributed by atoms with Crippen LogP contribution in [0.3, 0.4) is 0 Å². The van der Waals surface area contributed by atoms with Crippen LogP contribution in [0.25, 0.3) is 0 Å². The fourth-order valence-electron chi connectivity index (χ4n) is 2.95. The van der Waals surface area contributed by atoms with E-state index in [4.69, 9.17) is 10.5 Å². The topological polar surface area (TPSA) is 55.6 Å². The van der Waals surface area contributed by atoms with E-state index in [0.717, 1.165) is 38.8 Å². The van der Waals surface area contributed by atoms with E-state index in [1.165, 1.54) is 12.8 Å². The van der Waals surface area contributed by atoms with Gasteiger partial charge in [-0.15, -0.1) is 0 Å². The average Bonchev–Trinajstić information content (AvgIpc) is 2.77. The first kappa shape index (κ1) is 16.4. The lowest BCUT2D eigenvalue weighted by molar-refractivity contribution is -0.151. The highest BCUT2D eigenvalue weighted by molar-refractivity contribution is 5.81. The van der Waals surface area contributed by atoms with E-state index in [0.29, 0.717) is 6.61 Å². The molecule has 2 unspecified atom stereocenters. The van der Waals surface area contributed by atoms with Crippen molar-refractivity contribution in [1.29, 1.82) is 0 Å². The zero-order chi connectivity index (χ0) is 14.3. The van der Waals surface area contributed by atoms with E-state index in [2.05, 4.69) is 18.9 Å². The Labute approximate surface area is 117 Å². The van der Waals surface area contributed by atoms with Crippen molar-refractivity contribution in [2.45, 2.75) is 57.9 Å². The van der Waals surface area contributed by atoms with Gasteiger partial charge < -0.3 is 15.4 Å². The Kier molecular flexibility index (Phi) is 6.80. The maximum Gasteiger partial charge on any atom is 0.326 e. The highest BCUT2D eigenvalue weighted by atomic mass is 16.5. The van der Waals surface area contributed by atoms with Crippen molar-refractivity contribution in [3.05, 3.63) is 0 Å². The first-order valence-electron chi connectivity index (χ1n) is 7.69. The van der Waals surface area contributed by atoms with Gasteiger partial charge in [-0.2, -0.15) is 0 Å². The smallest absolute Gasteiger partial charge is 0.326 e. The second-order valence-corrected chi connectivity index (χ2v) is 5.80. The van der Waals surface area contributed by atoms with Crippen molar-refractivity contribution >= 4 is 5.97 Å². The van der Waals surface area contributed by atoms with Crippen LogP contribution >= 0.6 is 0 Å². The van der Waals surface area contributed by atoms with Crippen LogP contribution in [0.1, 0.15) is 52.4 Å². The van der Waals surface area contributed by atoms with Gasteiger partial charge in [-0.05, 0) is 58.7 Å². The van der Waals surface area contributed by atoms with Gasteiger partial charge in [0.1, 0.15) is 5.54 Å². The zero-order valence-corrected chi connectivity index (χ0v) is 12.8. The number of ether oxygens (including phenoxy) is 1. The molecule has 0 radical (unpaired) electrons. The monoisotopic (exact) mass is 270 g/mol. The summed E-state index contributed by atoms with van der Waals surface area (Å²) in [4.78, 5) is 14.4. The number of hydrogen-bond acceptors (Lipinski definition) is 4. The van der Waals surface area contributed by atoms with Crippen LogP contribution in [-0.2, 0) is 9.53 Å². The summed E-state index contributed by atoms with van der Waals surface area (Å²) in [7, 11) is 2.15. The average molecular weight is 270 g/mol. The first-order valence-corrected chi connectivity index (χ1v) is 7.69. The lowest BCUT2D eigenvalue weighted by Crippen LogP contribution is -2.52. The van der Waals surface area contributed by atoms with Crippen LogP contribution in [-0.4, -0.2) is 43.2 Å². The number of unbranched alkanes of at least 4 members (excludes halogenated alkanes) is 1. The highest BCUT2D eigenvalue weighted by Gasteiger charge is 2.46. The zero-order valence-electron chi connectivity index (χ0n) is 12.8. The summed E-state index contributed by atoms with van der Waals surface area (Å²) in [5.41, 5.74) is 5.59. The maximum atomic E-state index is 12.0. The number of rotatable bonds is 8. The van der Waals surface area contributed by atoms with Crippen LogP contribution < -0.4 is 5.73 Å². The van der Waals surface area contributed by atoms with Gasteiger partial charge in [-0.25, -0.2) is 0 Å². The molecule has 0 amide bonds. The molecular formula is C15H30N2O2. The van der Waals surface area contributed by atoms with Crippen molar-refractivity contribution in [2.24, 2.45) is 11.7 Å². The largest absolute Gasteiger partial charge is 0.465 e. The van der Waals surface area contributed by atoms with Gasteiger partial charge in [-0.3, -0.25) is 4.79 Å². The Bertz CT molecular complexity index is 283. The van der Waals surface area contributed by atoms with Crippen molar-refractivity contribution in [2.75, 3.05) is 26.7 Å². The van der Waals surface area contributed by atoms with Crippen LogP contribution in [0.4, 0.5) is 0 Å². The number of carbonyl (C=O) groups is 1. The van der Waals surface area contributed by atoms with E-state index in [-0.39, 0.29) is 11.9 Å². The molecule has 1 fully saturated rings. The van der Waals surface area contributed by atoms with Gasteiger partial charge in [0.15, 0.2) is 0 Å². The van der Waals surface area contributed by atoms with E-state index >= 15 is 0 Å². The van der Waals surface area contributed by atoms with Crippen LogP contribution in [0.5, 0.6) is 0 Å². The van der Waals surface area contributed by atoms with Crippen molar-refractivity contribution in [3.63, 3.8) is 0 Å². The minimum absolute atomic E-state index is 0.200. The van der Waals surface area contributed by atoms with Crippen LogP contribution in [0.2, 0.25) is 0 Å². The first-order chi connectivity index (χ1) is 9.04. The number of carbonyl (C=O) groups excluding carboxylic acids is 1. The molecule has 0 saturated heterocycles. The quantitative estimate of drug-likeness (QED) is 0.687. The van der Waals surface area contributed by atoms with Gasteiger partial charge in [0.2, 0.25) is 0 Å². The predicted molar refractivity (Wildman–Crippen MR) is 77.9 cm³/mol. The minimum Gasteiger partial charge on any atom is -0.465 e. The molecule has 1 aliphatic carbocycles. The van der Waals surface area contributed by atoms with Crippen LogP contribution in [0, 0.1) is 5.92 Å². The Morgan fingerprint density at radius 3 is 2.79 bits per heavy atom. The molecule has 4 nitrogen and oxygen atoms in total. The number of esters is 1. The molecule has 2 atom stereocenters. The molecule has 1 rings (SSSR count). The van der Waals surface area contributed by atoms with E-state index in [9.17, 15) is 4.79 Å². The summed E-state index contributed by atoms with van der Waals surface area (Å²) in [6.07, 6.45) is 6.31. The third-order valence-electron chi connectivity index (χ3n) is 4.28. The second-order valence-electron chi connectivity index (χ2n) is 5.80. The molecule has 0 spiro atoms. The van der Waals surface area contributed by atoms with E-state index < -0.39 is 5.54 Å². The van der Waals surface area contributed by atoms with Crippen LogP contribution in [0.15, 0.2) is 0 Å². The molecule has 112 valence electrons.